The summed E-state index contributed by atoms with van der Waals surface area (Å²) in [5.74, 6) is -1.47. The Morgan fingerprint density at radius 1 is 0.955 bits per heavy atom. The summed E-state index contributed by atoms with van der Waals surface area (Å²) in [6.07, 6.45) is 0.227. The lowest BCUT2D eigenvalue weighted by Crippen LogP contribution is -2.42. The van der Waals surface area contributed by atoms with E-state index in [0.717, 1.165) is 14.5 Å². The number of rotatable bonds is 5. The Morgan fingerprint density at radius 3 is 1.95 bits per heavy atom. The maximum absolute atomic E-state index is 12.1. The van der Waals surface area contributed by atoms with Crippen molar-refractivity contribution in [3.63, 3.8) is 0 Å². The molecule has 6 heteroatoms. The van der Waals surface area contributed by atoms with Crippen molar-refractivity contribution in [3.05, 3.63) is 68.6 Å². The maximum atomic E-state index is 12.1. The van der Waals surface area contributed by atoms with Crippen LogP contribution in [0.3, 0.4) is 0 Å². The maximum Gasteiger partial charge on any atom is 0.326 e. The molecule has 0 saturated heterocycles. The van der Waals surface area contributed by atoms with Gasteiger partial charge in [0.15, 0.2) is 0 Å². The topological polar surface area (TPSA) is 66.4 Å². The highest BCUT2D eigenvalue weighted by Crippen LogP contribution is 2.13. The molecule has 0 aliphatic rings. The van der Waals surface area contributed by atoms with Crippen molar-refractivity contribution in [3.8, 4) is 0 Å². The second kappa shape index (κ2) is 7.56. The van der Waals surface area contributed by atoms with Gasteiger partial charge in [-0.3, -0.25) is 4.79 Å². The molecule has 2 aromatic rings. The third-order valence-electron chi connectivity index (χ3n) is 3.06. The smallest absolute Gasteiger partial charge is 0.326 e. The van der Waals surface area contributed by atoms with E-state index in [0.29, 0.717) is 5.56 Å². The minimum atomic E-state index is -1.06. The molecule has 0 saturated carbocycles. The van der Waals surface area contributed by atoms with Crippen LogP contribution in [-0.4, -0.2) is 23.0 Å². The molecule has 4 nitrogen and oxygen atoms in total. The second-order valence-corrected chi connectivity index (χ2v) is 6.53. The summed E-state index contributed by atoms with van der Waals surface area (Å²) in [6, 6.07) is 13.1. The molecule has 0 heterocycles. The van der Waals surface area contributed by atoms with Gasteiger partial charge in [0, 0.05) is 20.9 Å². The molecule has 114 valence electrons. The highest BCUT2D eigenvalue weighted by atomic mass is 79.9. The number of carboxylic acid groups (broad SMARTS) is 1. The average molecular weight is 427 g/mol. The van der Waals surface area contributed by atoms with Gasteiger partial charge in [-0.1, -0.05) is 44.0 Å². The molecule has 2 aromatic carbocycles. The zero-order chi connectivity index (χ0) is 16.1. The van der Waals surface area contributed by atoms with Crippen molar-refractivity contribution in [1.82, 2.24) is 5.32 Å². The Hall–Kier alpha value is -1.66. The Labute approximate surface area is 144 Å². The third kappa shape index (κ3) is 4.68. The zero-order valence-corrected chi connectivity index (χ0v) is 14.6. The monoisotopic (exact) mass is 425 g/mol. The van der Waals surface area contributed by atoms with Crippen LogP contribution >= 0.6 is 31.9 Å². The molecule has 0 aromatic heterocycles. The molecule has 0 aliphatic heterocycles. The van der Waals surface area contributed by atoms with Crippen molar-refractivity contribution in [1.29, 1.82) is 0 Å². The van der Waals surface area contributed by atoms with E-state index in [1.165, 1.54) is 0 Å². The molecule has 2 N–H and O–H groups in total. The van der Waals surface area contributed by atoms with Gasteiger partial charge < -0.3 is 10.4 Å². The summed E-state index contributed by atoms with van der Waals surface area (Å²) >= 11 is 6.62. The average Bonchev–Trinajstić information content (AvgIpc) is 2.49. The summed E-state index contributed by atoms with van der Waals surface area (Å²) in [4.78, 5) is 23.5. The highest BCUT2D eigenvalue weighted by molar-refractivity contribution is 9.10. The summed E-state index contributed by atoms with van der Waals surface area (Å²) < 4.78 is 1.77. The van der Waals surface area contributed by atoms with Gasteiger partial charge in [-0.25, -0.2) is 4.79 Å². The first-order chi connectivity index (χ1) is 10.5. The predicted octanol–water partition coefficient (Wildman–Crippen LogP) is 3.64. The van der Waals surface area contributed by atoms with Crippen LogP contribution in [0.1, 0.15) is 15.9 Å². The van der Waals surface area contributed by atoms with Gasteiger partial charge in [0.05, 0.1) is 0 Å². The number of nitrogens with one attached hydrogen (secondary N) is 1. The van der Waals surface area contributed by atoms with Gasteiger partial charge >= 0.3 is 5.97 Å². The lowest BCUT2D eigenvalue weighted by Gasteiger charge is -2.15. The SMILES string of the molecule is O=C(NC(Cc1ccc(Br)cc1)C(=O)O)c1ccc(Br)cc1. The number of amides is 1. The fraction of sp³-hybridized carbons (Fsp3) is 0.125. The lowest BCUT2D eigenvalue weighted by molar-refractivity contribution is -0.139. The first kappa shape index (κ1) is 16.7. The Kier molecular flexibility index (Phi) is 5.74. The first-order valence-electron chi connectivity index (χ1n) is 6.49. The number of hydrogen-bond acceptors (Lipinski definition) is 2. The molecule has 0 bridgehead atoms. The van der Waals surface area contributed by atoms with E-state index in [-0.39, 0.29) is 6.42 Å². The Morgan fingerprint density at radius 2 is 1.45 bits per heavy atom. The molecule has 22 heavy (non-hydrogen) atoms. The van der Waals surface area contributed by atoms with E-state index in [2.05, 4.69) is 37.2 Å². The molecular formula is C16H13Br2NO3. The molecule has 1 amide bonds. The number of aliphatic carboxylic acids is 1. The van der Waals surface area contributed by atoms with Gasteiger partial charge in [0.25, 0.3) is 5.91 Å². The van der Waals surface area contributed by atoms with Gasteiger partial charge in [0.2, 0.25) is 0 Å². The van der Waals surface area contributed by atoms with Crippen molar-refractivity contribution in [2.24, 2.45) is 0 Å². The van der Waals surface area contributed by atoms with E-state index in [1.54, 1.807) is 24.3 Å². The molecule has 2 rings (SSSR count). The predicted molar refractivity (Wildman–Crippen MR) is 90.9 cm³/mol. The molecule has 0 aliphatic carbocycles. The van der Waals surface area contributed by atoms with Crippen molar-refractivity contribution < 1.29 is 14.7 Å². The van der Waals surface area contributed by atoms with Gasteiger partial charge in [-0.15, -0.1) is 0 Å². The summed E-state index contributed by atoms with van der Waals surface area (Å²) in [5.41, 5.74) is 1.26. The van der Waals surface area contributed by atoms with E-state index in [1.807, 2.05) is 24.3 Å². The zero-order valence-electron chi connectivity index (χ0n) is 11.4. The van der Waals surface area contributed by atoms with Gasteiger partial charge in [-0.05, 0) is 42.0 Å². The van der Waals surface area contributed by atoms with E-state index < -0.39 is 17.9 Å². The minimum absolute atomic E-state index is 0.227. The number of carbonyl (C=O) groups is 2. The van der Waals surface area contributed by atoms with Gasteiger partial charge in [-0.2, -0.15) is 0 Å². The standard InChI is InChI=1S/C16H13Br2NO3/c17-12-5-1-10(2-6-12)9-14(16(21)22)19-15(20)11-3-7-13(18)8-4-11/h1-8,14H,9H2,(H,19,20)(H,21,22). The molecule has 1 atom stereocenters. The van der Waals surface area contributed by atoms with Crippen LogP contribution in [0.15, 0.2) is 57.5 Å². The number of carbonyl (C=O) groups excluding carboxylic acids is 1. The van der Waals surface area contributed by atoms with Crippen molar-refractivity contribution in [2.75, 3.05) is 0 Å². The molecule has 0 spiro atoms. The summed E-state index contributed by atoms with van der Waals surface area (Å²) in [7, 11) is 0. The first-order valence-corrected chi connectivity index (χ1v) is 8.08. The third-order valence-corrected chi connectivity index (χ3v) is 4.12. The fourth-order valence-electron chi connectivity index (χ4n) is 1.90. The van der Waals surface area contributed by atoms with E-state index in [9.17, 15) is 14.7 Å². The number of benzene rings is 2. The number of hydrogen-bond donors (Lipinski definition) is 2. The molecule has 0 radical (unpaired) electrons. The van der Waals surface area contributed by atoms with Crippen LogP contribution in [0.25, 0.3) is 0 Å². The highest BCUT2D eigenvalue weighted by Gasteiger charge is 2.21. The van der Waals surface area contributed by atoms with E-state index in [4.69, 9.17) is 0 Å². The largest absolute Gasteiger partial charge is 0.480 e. The summed E-state index contributed by atoms with van der Waals surface area (Å²) in [5, 5.41) is 11.8. The molecule has 1 unspecified atom stereocenters. The Bertz CT molecular complexity index is 669. The number of halogens is 2. The lowest BCUT2D eigenvalue weighted by atomic mass is 10.1. The van der Waals surface area contributed by atoms with Gasteiger partial charge in [0.1, 0.15) is 6.04 Å². The van der Waals surface area contributed by atoms with E-state index >= 15 is 0 Å². The van der Waals surface area contributed by atoms with Crippen LogP contribution in [0.5, 0.6) is 0 Å². The van der Waals surface area contributed by atoms with Crippen LogP contribution in [-0.2, 0) is 11.2 Å². The normalized spacial score (nSPS) is 11.7. The van der Waals surface area contributed by atoms with Crippen LogP contribution in [0.2, 0.25) is 0 Å². The Balaban J connectivity index is 2.08. The quantitative estimate of drug-likeness (QED) is 0.766. The molecule has 0 fully saturated rings. The fourth-order valence-corrected chi connectivity index (χ4v) is 2.43. The number of carboxylic acids is 1. The van der Waals surface area contributed by atoms with Crippen LogP contribution in [0.4, 0.5) is 0 Å². The van der Waals surface area contributed by atoms with Crippen LogP contribution < -0.4 is 5.32 Å². The second-order valence-electron chi connectivity index (χ2n) is 4.70. The van der Waals surface area contributed by atoms with Crippen molar-refractivity contribution in [2.45, 2.75) is 12.5 Å². The minimum Gasteiger partial charge on any atom is -0.480 e. The molecular weight excluding hydrogens is 414 g/mol. The summed E-state index contributed by atoms with van der Waals surface area (Å²) in [6.45, 7) is 0. The van der Waals surface area contributed by atoms with Crippen LogP contribution in [0, 0.1) is 0 Å². The van der Waals surface area contributed by atoms with Crippen molar-refractivity contribution >= 4 is 43.7 Å².